The molecule has 1 atom stereocenters. The number of aryl methyl sites for hydroxylation is 1. The normalized spacial score (nSPS) is 16.1. The van der Waals surface area contributed by atoms with Gasteiger partial charge >= 0.3 is 6.18 Å². The molecule has 0 fully saturated rings. The Balaban J connectivity index is 1.98. The number of halogens is 5. The number of aliphatic hydroxyl groups is 1. The van der Waals surface area contributed by atoms with Crippen LogP contribution < -0.4 is 0 Å². The van der Waals surface area contributed by atoms with E-state index in [1.54, 1.807) is 0 Å². The van der Waals surface area contributed by atoms with Crippen LogP contribution in [0.15, 0.2) is 36.4 Å². The minimum atomic E-state index is -5.14. The van der Waals surface area contributed by atoms with Crippen molar-refractivity contribution in [1.82, 2.24) is 0 Å². The average Bonchev–Trinajstić information content (AvgIpc) is 2.93. The summed E-state index contributed by atoms with van der Waals surface area (Å²) in [6.07, 6.45) is -5.63. The third-order valence-electron chi connectivity index (χ3n) is 4.57. The van der Waals surface area contributed by atoms with Crippen LogP contribution in [0.5, 0.6) is 0 Å². The molecule has 0 amide bonds. The second kappa shape index (κ2) is 6.93. The molecule has 0 bridgehead atoms. The highest BCUT2D eigenvalue weighted by atomic mass is 35.5. The van der Waals surface area contributed by atoms with Crippen molar-refractivity contribution in [3.63, 3.8) is 0 Å². The van der Waals surface area contributed by atoms with E-state index in [4.69, 9.17) is 23.2 Å². The summed E-state index contributed by atoms with van der Waals surface area (Å²) in [6.45, 7) is 0. The molecule has 1 aliphatic carbocycles. The van der Waals surface area contributed by atoms with Crippen LogP contribution in [-0.2, 0) is 12.0 Å². The monoisotopic (exact) mass is 416 g/mol. The highest BCUT2D eigenvalue weighted by Crippen LogP contribution is 2.44. The first-order valence-corrected chi connectivity index (χ1v) is 8.72. The first kappa shape index (κ1) is 19.9. The molecule has 0 saturated carbocycles. The van der Waals surface area contributed by atoms with E-state index < -0.39 is 29.5 Å². The Morgan fingerprint density at radius 2 is 1.67 bits per heavy atom. The van der Waals surface area contributed by atoms with E-state index in [1.807, 2.05) is 0 Å². The molecule has 2 aromatic carbocycles. The summed E-state index contributed by atoms with van der Waals surface area (Å²) < 4.78 is 41.0. The van der Waals surface area contributed by atoms with Gasteiger partial charge in [0.25, 0.3) is 0 Å². The molecule has 3 rings (SSSR count). The van der Waals surface area contributed by atoms with E-state index in [2.05, 4.69) is 0 Å². The van der Waals surface area contributed by atoms with Gasteiger partial charge in [0.1, 0.15) is 0 Å². The molecule has 8 heteroatoms. The lowest BCUT2D eigenvalue weighted by atomic mass is 9.86. The number of hydrogen-bond donors (Lipinski definition) is 1. The molecule has 0 unspecified atom stereocenters. The molecule has 27 heavy (non-hydrogen) atoms. The molecule has 0 spiro atoms. The van der Waals surface area contributed by atoms with Crippen molar-refractivity contribution in [3.05, 3.63) is 68.7 Å². The fourth-order valence-electron chi connectivity index (χ4n) is 3.12. The maximum Gasteiger partial charge on any atom is 0.421 e. The van der Waals surface area contributed by atoms with Crippen molar-refractivity contribution >= 4 is 34.8 Å². The van der Waals surface area contributed by atoms with E-state index >= 15 is 0 Å². The van der Waals surface area contributed by atoms with Crippen LogP contribution in [0.2, 0.25) is 10.0 Å². The standard InChI is InChI=1S/C19H13Cl2F3O3/c20-13-6-12(7-14(21)8-13)18(27,19(22,23)24)9-17(26)11-1-3-15-10(5-11)2-4-16(15)25/h1,3,5-8,27H,2,4,9H2/t18-/m1/s1. The van der Waals surface area contributed by atoms with Crippen LogP contribution in [0.4, 0.5) is 13.2 Å². The van der Waals surface area contributed by atoms with Gasteiger partial charge < -0.3 is 5.11 Å². The van der Waals surface area contributed by atoms with Gasteiger partial charge in [-0.2, -0.15) is 13.2 Å². The summed E-state index contributed by atoms with van der Waals surface area (Å²) in [5, 5.41) is 10.2. The minimum Gasteiger partial charge on any atom is -0.376 e. The Hall–Kier alpha value is -1.89. The minimum absolute atomic E-state index is 0.000694. The first-order valence-electron chi connectivity index (χ1n) is 7.96. The largest absolute Gasteiger partial charge is 0.421 e. The van der Waals surface area contributed by atoms with Crippen molar-refractivity contribution in [2.24, 2.45) is 0 Å². The van der Waals surface area contributed by atoms with E-state index in [9.17, 15) is 27.9 Å². The third kappa shape index (κ3) is 3.74. The topological polar surface area (TPSA) is 54.4 Å². The molecule has 0 radical (unpaired) electrons. The second-order valence-corrected chi connectivity index (χ2v) is 7.28. The van der Waals surface area contributed by atoms with Gasteiger partial charge in [0.15, 0.2) is 17.2 Å². The summed E-state index contributed by atoms with van der Waals surface area (Å²) in [6, 6.07) is 7.21. The fraction of sp³-hybridized carbons (Fsp3) is 0.263. The van der Waals surface area contributed by atoms with Crippen LogP contribution >= 0.6 is 23.2 Å². The van der Waals surface area contributed by atoms with Gasteiger partial charge in [0.05, 0.1) is 6.42 Å². The molecular weight excluding hydrogens is 404 g/mol. The Morgan fingerprint density at radius 3 is 2.26 bits per heavy atom. The van der Waals surface area contributed by atoms with E-state index in [1.165, 1.54) is 24.3 Å². The summed E-state index contributed by atoms with van der Waals surface area (Å²) in [4.78, 5) is 24.2. The lowest BCUT2D eigenvalue weighted by molar-refractivity contribution is -0.264. The zero-order valence-corrected chi connectivity index (χ0v) is 15.3. The Bertz CT molecular complexity index is 920. The van der Waals surface area contributed by atoms with Crippen LogP contribution in [0.1, 0.15) is 44.7 Å². The van der Waals surface area contributed by atoms with Gasteiger partial charge in [-0.15, -0.1) is 0 Å². The molecule has 1 aliphatic rings. The zero-order chi connectivity index (χ0) is 20.0. The van der Waals surface area contributed by atoms with Crippen molar-refractivity contribution in [2.75, 3.05) is 0 Å². The van der Waals surface area contributed by atoms with Crippen molar-refractivity contribution in [3.8, 4) is 0 Å². The second-order valence-electron chi connectivity index (χ2n) is 6.41. The Labute approximate surface area is 162 Å². The maximum atomic E-state index is 13.7. The van der Waals surface area contributed by atoms with E-state index in [0.717, 1.165) is 12.1 Å². The quantitative estimate of drug-likeness (QED) is 0.701. The Morgan fingerprint density at radius 1 is 1.04 bits per heavy atom. The zero-order valence-electron chi connectivity index (χ0n) is 13.7. The number of alkyl halides is 3. The van der Waals surface area contributed by atoms with Crippen LogP contribution in [0.3, 0.4) is 0 Å². The van der Waals surface area contributed by atoms with Gasteiger partial charge in [-0.25, -0.2) is 0 Å². The summed E-state index contributed by atoms with van der Waals surface area (Å²) in [5.74, 6) is -0.975. The van der Waals surface area contributed by atoms with Gasteiger partial charge in [-0.3, -0.25) is 9.59 Å². The highest BCUT2D eigenvalue weighted by Gasteiger charge is 2.56. The van der Waals surface area contributed by atoms with Crippen LogP contribution in [0, 0.1) is 0 Å². The molecule has 0 heterocycles. The number of hydrogen-bond acceptors (Lipinski definition) is 3. The van der Waals surface area contributed by atoms with Crippen LogP contribution in [0.25, 0.3) is 0 Å². The number of Topliss-reactive ketones (excluding diaryl/α,β-unsaturated/α-hetero) is 2. The molecule has 0 aromatic heterocycles. The molecule has 2 aromatic rings. The predicted octanol–water partition coefficient (Wildman–Crippen LogP) is 5.15. The predicted molar refractivity (Wildman–Crippen MR) is 94.5 cm³/mol. The third-order valence-corrected chi connectivity index (χ3v) is 5.01. The van der Waals surface area contributed by atoms with E-state index in [-0.39, 0.29) is 21.4 Å². The van der Waals surface area contributed by atoms with Gasteiger partial charge in [0.2, 0.25) is 0 Å². The molecule has 0 aliphatic heterocycles. The molecule has 3 nitrogen and oxygen atoms in total. The number of fused-ring (bicyclic) bond motifs is 1. The lowest BCUT2D eigenvalue weighted by Crippen LogP contribution is -2.44. The van der Waals surface area contributed by atoms with E-state index in [0.29, 0.717) is 24.0 Å². The number of carbonyl (C=O) groups excluding carboxylic acids is 2. The fourth-order valence-corrected chi connectivity index (χ4v) is 3.65. The highest BCUT2D eigenvalue weighted by molar-refractivity contribution is 6.34. The average molecular weight is 417 g/mol. The first-order chi connectivity index (χ1) is 12.5. The maximum absolute atomic E-state index is 13.7. The molecule has 142 valence electrons. The number of ketones is 2. The van der Waals surface area contributed by atoms with Crippen LogP contribution in [-0.4, -0.2) is 22.8 Å². The smallest absolute Gasteiger partial charge is 0.376 e. The molecule has 0 saturated heterocycles. The van der Waals surface area contributed by atoms with Gasteiger partial charge in [-0.1, -0.05) is 35.3 Å². The van der Waals surface area contributed by atoms with Gasteiger partial charge in [-0.05, 0) is 41.8 Å². The van der Waals surface area contributed by atoms with Crippen molar-refractivity contribution in [2.45, 2.75) is 31.0 Å². The SMILES string of the molecule is O=C(C[C@@](O)(c1cc(Cl)cc(Cl)c1)C(F)(F)F)c1ccc2c(c1)CCC2=O. The number of carbonyl (C=O) groups is 2. The molecule has 1 N–H and O–H groups in total. The van der Waals surface area contributed by atoms with Gasteiger partial charge in [0, 0.05) is 27.6 Å². The Kier molecular flexibility index (Phi) is 5.10. The molecular formula is C19H13Cl2F3O3. The number of rotatable bonds is 4. The summed E-state index contributed by atoms with van der Waals surface area (Å²) >= 11 is 11.5. The van der Waals surface area contributed by atoms with Crippen molar-refractivity contribution in [1.29, 1.82) is 0 Å². The summed E-state index contributed by atoms with van der Waals surface area (Å²) in [5.41, 5.74) is -2.98. The van der Waals surface area contributed by atoms with Crippen molar-refractivity contribution < 1.29 is 27.9 Å². The summed E-state index contributed by atoms with van der Waals surface area (Å²) in [7, 11) is 0. The number of benzene rings is 2. The lowest BCUT2D eigenvalue weighted by Gasteiger charge is -2.30.